The number of carboxylic acids is 1. The number of hydrogen-bond acceptors (Lipinski definition) is 3. The second-order valence-corrected chi connectivity index (χ2v) is 7.40. The van der Waals surface area contributed by atoms with Gasteiger partial charge in [0.05, 0.1) is 23.2 Å². The summed E-state index contributed by atoms with van der Waals surface area (Å²) in [5.74, 6) is -1.13. The Morgan fingerprint density at radius 2 is 1.92 bits per heavy atom. The zero-order valence-electron chi connectivity index (χ0n) is 15.5. The molecular weight excluding hydrogens is 354 g/mol. The lowest BCUT2D eigenvalue weighted by atomic mass is 9.89. The SMILES string of the molecule is Cc1nn(Cc2ccccc2Cl)c(C)c1C(=O)NCCC(C)(C)C(=O)O. The van der Waals surface area contributed by atoms with Gasteiger partial charge in [0.25, 0.3) is 5.91 Å². The van der Waals surface area contributed by atoms with Crippen molar-refractivity contribution in [2.75, 3.05) is 6.54 Å². The van der Waals surface area contributed by atoms with Gasteiger partial charge in [-0.15, -0.1) is 0 Å². The molecule has 0 saturated heterocycles. The maximum Gasteiger partial charge on any atom is 0.309 e. The lowest BCUT2D eigenvalue weighted by Crippen LogP contribution is -2.32. The second-order valence-electron chi connectivity index (χ2n) is 6.99. The highest BCUT2D eigenvalue weighted by Crippen LogP contribution is 2.21. The molecule has 1 aromatic heterocycles. The highest BCUT2D eigenvalue weighted by atomic mass is 35.5. The Morgan fingerprint density at radius 1 is 1.27 bits per heavy atom. The quantitative estimate of drug-likeness (QED) is 0.774. The fourth-order valence-electron chi connectivity index (χ4n) is 2.65. The first-order valence-corrected chi connectivity index (χ1v) is 8.80. The number of nitrogens with one attached hydrogen (secondary N) is 1. The van der Waals surface area contributed by atoms with Gasteiger partial charge in [0, 0.05) is 17.3 Å². The maximum absolute atomic E-state index is 12.5. The van der Waals surface area contributed by atoms with Crippen molar-refractivity contribution in [1.82, 2.24) is 15.1 Å². The van der Waals surface area contributed by atoms with E-state index < -0.39 is 11.4 Å². The van der Waals surface area contributed by atoms with Crippen LogP contribution in [-0.4, -0.2) is 33.3 Å². The summed E-state index contributed by atoms with van der Waals surface area (Å²) in [5.41, 5.74) is 1.94. The molecule has 0 unspecified atom stereocenters. The molecule has 0 spiro atoms. The molecule has 1 amide bonds. The van der Waals surface area contributed by atoms with Crippen LogP contribution in [-0.2, 0) is 11.3 Å². The van der Waals surface area contributed by atoms with Crippen LogP contribution in [0.15, 0.2) is 24.3 Å². The first-order valence-electron chi connectivity index (χ1n) is 8.42. The summed E-state index contributed by atoms with van der Waals surface area (Å²) in [5, 5.41) is 17.0. The number of aryl methyl sites for hydroxylation is 1. The molecule has 0 aliphatic rings. The molecule has 0 radical (unpaired) electrons. The van der Waals surface area contributed by atoms with Gasteiger partial charge in [0.2, 0.25) is 0 Å². The number of aliphatic carboxylic acids is 1. The van der Waals surface area contributed by atoms with E-state index in [4.69, 9.17) is 16.7 Å². The molecule has 0 bridgehead atoms. The van der Waals surface area contributed by atoms with Crippen LogP contribution in [0.5, 0.6) is 0 Å². The van der Waals surface area contributed by atoms with Crippen molar-refractivity contribution >= 4 is 23.5 Å². The Balaban J connectivity index is 2.10. The summed E-state index contributed by atoms with van der Waals surface area (Å²) in [4.78, 5) is 23.7. The van der Waals surface area contributed by atoms with Crippen LogP contribution >= 0.6 is 11.6 Å². The fraction of sp³-hybridized carbons (Fsp3) is 0.421. The summed E-state index contributed by atoms with van der Waals surface area (Å²) < 4.78 is 1.76. The van der Waals surface area contributed by atoms with Gasteiger partial charge in [-0.1, -0.05) is 29.8 Å². The molecule has 2 N–H and O–H groups in total. The largest absolute Gasteiger partial charge is 0.481 e. The minimum Gasteiger partial charge on any atom is -0.481 e. The summed E-state index contributed by atoms with van der Waals surface area (Å²) >= 11 is 6.20. The minimum absolute atomic E-state index is 0.244. The van der Waals surface area contributed by atoms with Gasteiger partial charge < -0.3 is 10.4 Å². The third-order valence-electron chi connectivity index (χ3n) is 4.50. The monoisotopic (exact) mass is 377 g/mol. The van der Waals surface area contributed by atoms with Crippen molar-refractivity contribution in [1.29, 1.82) is 0 Å². The van der Waals surface area contributed by atoms with E-state index in [-0.39, 0.29) is 12.5 Å². The van der Waals surface area contributed by atoms with Crippen molar-refractivity contribution in [3.63, 3.8) is 0 Å². The molecule has 6 nitrogen and oxygen atoms in total. The van der Waals surface area contributed by atoms with Crippen LogP contribution in [0.2, 0.25) is 5.02 Å². The van der Waals surface area contributed by atoms with Crippen LogP contribution in [0, 0.1) is 19.3 Å². The van der Waals surface area contributed by atoms with Gasteiger partial charge in [-0.2, -0.15) is 5.10 Å². The molecule has 1 aromatic carbocycles. The van der Waals surface area contributed by atoms with Crippen molar-refractivity contribution in [3.8, 4) is 0 Å². The number of halogens is 1. The summed E-state index contributed by atoms with van der Waals surface area (Å²) in [6, 6.07) is 7.52. The molecule has 140 valence electrons. The van der Waals surface area contributed by atoms with Gasteiger partial charge in [0.1, 0.15) is 0 Å². The van der Waals surface area contributed by atoms with E-state index in [1.54, 1.807) is 25.5 Å². The molecule has 0 aliphatic heterocycles. The molecule has 1 heterocycles. The van der Waals surface area contributed by atoms with Crippen LogP contribution in [0.4, 0.5) is 0 Å². The van der Waals surface area contributed by atoms with Crippen molar-refractivity contribution in [2.24, 2.45) is 5.41 Å². The number of rotatable bonds is 7. The Morgan fingerprint density at radius 3 is 2.54 bits per heavy atom. The zero-order valence-corrected chi connectivity index (χ0v) is 16.2. The van der Waals surface area contributed by atoms with Crippen LogP contribution in [0.1, 0.15) is 47.6 Å². The third kappa shape index (κ3) is 4.43. The van der Waals surface area contributed by atoms with Gasteiger partial charge in [0.15, 0.2) is 0 Å². The van der Waals surface area contributed by atoms with Crippen LogP contribution in [0.3, 0.4) is 0 Å². The normalized spacial score (nSPS) is 11.4. The van der Waals surface area contributed by atoms with E-state index >= 15 is 0 Å². The molecule has 26 heavy (non-hydrogen) atoms. The topological polar surface area (TPSA) is 84.2 Å². The zero-order chi connectivity index (χ0) is 19.5. The predicted molar refractivity (Wildman–Crippen MR) is 101 cm³/mol. The van der Waals surface area contributed by atoms with E-state index in [2.05, 4.69) is 10.4 Å². The van der Waals surface area contributed by atoms with Gasteiger partial charge in [-0.05, 0) is 45.7 Å². The average Bonchev–Trinajstić information content (AvgIpc) is 2.83. The number of aromatic nitrogens is 2. The smallest absolute Gasteiger partial charge is 0.309 e. The van der Waals surface area contributed by atoms with Crippen molar-refractivity contribution in [3.05, 3.63) is 51.8 Å². The molecule has 2 aromatic rings. The number of carbonyl (C=O) groups is 2. The maximum atomic E-state index is 12.5. The Hall–Kier alpha value is -2.34. The van der Waals surface area contributed by atoms with Crippen LogP contribution in [0.25, 0.3) is 0 Å². The average molecular weight is 378 g/mol. The molecule has 0 aliphatic carbocycles. The summed E-state index contributed by atoms with van der Waals surface area (Å²) in [6.45, 7) is 7.66. The molecule has 7 heteroatoms. The Kier molecular flexibility index (Phi) is 6.08. The molecular formula is C19H24ClN3O3. The minimum atomic E-state index is -0.883. The van der Waals surface area contributed by atoms with E-state index in [0.29, 0.717) is 29.2 Å². The van der Waals surface area contributed by atoms with Crippen LogP contribution < -0.4 is 5.32 Å². The van der Waals surface area contributed by atoms with E-state index in [0.717, 1.165) is 11.3 Å². The number of hydrogen-bond donors (Lipinski definition) is 2. The van der Waals surface area contributed by atoms with Crippen molar-refractivity contribution < 1.29 is 14.7 Å². The van der Waals surface area contributed by atoms with Gasteiger partial charge in [-0.3, -0.25) is 14.3 Å². The third-order valence-corrected chi connectivity index (χ3v) is 4.87. The van der Waals surface area contributed by atoms with Gasteiger partial charge in [-0.25, -0.2) is 0 Å². The number of carboxylic acid groups (broad SMARTS) is 1. The van der Waals surface area contributed by atoms with E-state index in [9.17, 15) is 9.59 Å². The number of nitrogens with zero attached hydrogens (tertiary/aromatic N) is 2. The Bertz CT molecular complexity index is 827. The lowest BCUT2D eigenvalue weighted by Gasteiger charge is -2.18. The Labute approximate surface area is 158 Å². The highest BCUT2D eigenvalue weighted by Gasteiger charge is 2.27. The first-order chi connectivity index (χ1) is 12.1. The molecule has 0 saturated carbocycles. The van der Waals surface area contributed by atoms with E-state index in [1.165, 1.54) is 0 Å². The number of carbonyl (C=O) groups excluding carboxylic acids is 1. The molecule has 0 fully saturated rings. The standard InChI is InChI=1S/C19H24ClN3O3/c1-12-16(17(24)21-10-9-19(3,4)18(25)26)13(2)23(22-12)11-14-7-5-6-8-15(14)20/h5-8H,9-11H2,1-4H3,(H,21,24)(H,25,26). The lowest BCUT2D eigenvalue weighted by molar-refractivity contribution is -0.147. The van der Waals surface area contributed by atoms with E-state index in [1.807, 2.05) is 31.2 Å². The fourth-order valence-corrected chi connectivity index (χ4v) is 2.85. The first kappa shape index (κ1) is 20.0. The second kappa shape index (κ2) is 7.91. The van der Waals surface area contributed by atoms with Crippen molar-refractivity contribution in [2.45, 2.75) is 40.7 Å². The molecule has 0 atom stereocenters. The number of amides is 1. The summed E-state index contributed by atoms with van der Waals surface area (Å²) in [7, 11) is 0. The predicted octanol–water partition coefficient (Wildman–Crippen LogP) is 3.43. The molecule has 2 rings (SSSR count). The number of benzene rings is 1. The highest BCUT2D eigenvalue weighted by molar-refractivity contribution is 6.31. The van der Waals surface area contributed by atoms with Gasteiger partial charge >= 0.3 is 5.97 Å². The summed E-state index contributed by atoms with van der Waals surface area (Å²) in [6.07, 6.45) is 0.347.